The summed E-state index contributed by atoms with van der Waals surface area (Å²) in [6, 6.07) is 15.3. The molecule has 0 aliphatic heterocycles. The largest absolute Gasteiger partial charge is 0.388 e. The Morgan fingerprint density at radius 2 is 1.85 bits per heavy atom. The van der Waals surface area contributed by atoms with Gasteiger partial charge in [-0.15, -0.1) is 0 Å². The highest BCUT2D eigenvalue weighted by Gasteiger charge is 2.11. The number of anilines is 1. The van der Waals surface area contributed by atoms with Gasteiger partial charge in [0, 0.05) is 22.8 Å². The van der Waals surface area contributed by atoms with Crippen LogP contribution in [-0.4, -0.2) is 13.0 Å². The molecule has 0 heterocycles. The maximum absolute atomic E-state index is 12.2. The molecule has 1 atom stereocenters. The first-order valence-electron chi connectivity index (χ1n) is 6.44. The molecule has 0 saturated heterocycles. The van der Waals surface area contributed by atoms with Crippen LogP contribution < -0.4 is 10.6 Å². The summed E-state index contributed by atoms with van der Waals surface area (Å²) < 4.78 is 1.01. The second-order valence-corrected chi connectivity index (χ2v) is 5.49. The summed E-state index contributed by atoms with van der Waals surface area (Å²) in [4.78, 5) is 12.2. The molecule has 4 heteroatoms. The van der Waals surface area contributed by atoms with Crippen LogP contribution in [-0.2, 0) is 0 Å². The summed E-state index contributed by atoms with van der Waals surface area (Å²) in [5.74, 6) is -0.0693. The van der Waals surface area contributed by atoms with Crippen LogP contribution in [0.5, 0.6) is 0 Å². The number of amides is 1. The van der Waals surface area contributed by atoms with Crippen LogP contribution in [0.15, 0.2) is 53.0 Å². The van der Waals surface area contributed by atoms with Crippen molar-refractivity contribution in [3.05, 3.63) is 64.1 Å². The van der Waals surface area contributed by atoms with Gasteiger partial charge in [-0.05, 0) is 48.9 Å². The number of hydrogen-bond acceptors (Lipinski definition) is 2. The molecule has 0 saturated carbocycles. The lowest BCUT2D eigenvalue weighted by molar-refractivity contribution is 0.0940. The predicted octanol–water partition coefficient (Wildman–Crippen LogP) is 3.98. The molecule has 0 aliphatic carbocycles. The summed E-state index contributed by atoms with van der Waals surface area (Å²) in [6.07, 6.45) is 0. The highest BCUT2D eigenvalue weighted by molar-refractivity contribution is 9.10. The van der Waals surface area contributed by atoms with E-state index in [2.05, 4.69) is 26.6 Å². The van der Waals surface area contributed by atoms with Crippen molar-refractivity contribution in [2.75, 3.05) is 12.4 Å². The van der Waals surface area contributed by atoms with Gasteiger partial charge in [-0.2, -0.15) is 0 Å². The minimum atomic E-state index is -0.0693. The fourth-order valence-corrected chi connectivity index (χ4v) is 2.34. The Kier molecular flexibility index (Phi) is 4.79. The zero-order valence-corrected chi connectivity index (χ0v) is 13.1. The fourth-order valence-electron chi connectivity index (χ4n) is 1.93. The third-order valence-electron chi connectivity index (χ3n) is 3.13. The Balaban J connectivity index is 2.06. The van der Waals surface area contributed by atoms with E-state index in [9.17, 15) is 4.79 Å². The minimum Gasteiger partial charge on any atom is -0.388 e. The van der Waals surface area contributed by atoms with Crippen LogP contribution in [0, 0.1) is 0 Å². The molecule has 1 unspecified atom stereocenters. The molecule has 0 aliphatic rings. The van der Waals surface area contributed by atoms with Crippen LogP contribution >= 0.6 is 15.9 Å². The van der Waals surface area contributed by atoms with Crippen molar-refractivity contribution in [1.29, 1.82) is 0 Å². The van der Waals surface area contributed by atoms with Crippen molar-refractivity contribution in [2.45, 2.75) is 13.0 Å². The van der Waals surface area contributed by atoms with Crippen LogP contribution in [0.25, 0.3) is 0 Å². The maximum atomic E-state index is 12.2. The lowest BCUT2D eigenvalue weighted by Gasteiger charge is -2.15. The van der Waals surface area contributed by atoms with Crippen molar-refractivity contribution >= 4 is 27.5 Å². The molecule has 2 N–H and O–H groups in total. The molecule has 0 radical (unpaired) electrons. The van der Waals surface area contributed by atoms with Gasteiger partial charge in [0.25, 0.3) is 5.91 Å². The molecule has 2 aromatic carbocycles. The van der Waals surface area contributed by atoms with Gasteiger partial charge in [0.2, 0.25) is 0 Å². The quantitative estimate of drug-likeness (QED) is 0.889. The maximum Gasteiger partial charge on any atom is 0.251 e. The molecule has 1 amide bonds. The normalized spacial score (nSPS) is 11.8. The van der Waals surface area contributed by atoms with Crippen molar-refractivity contribution < 1.29 is 4.79 Å². The smallest absolute Gasteiger partial charge is 0.251 e. The highest BCUT2D eigenvalue weighted by atomic mass is 79.9. The Hall–Kier alpha value is -1.81. The van der Waals surface area contributed by atoms with Crippen molar-refractivity contribution in [1.82, 2.24) is 5.32 Å². The number of nitrogens with one attached hydrogen (secondary N) is 2. The second kappa shape index (κ2) is 6.57. The van der Waals surface area contributed by atoms with E-state index in [0.29, 0.717) is 5.56 Å². The van der Waals surface area contributed by atoms with Gasteiger partial charge in [0.1, 0.15) is 0 Å². The van der Waals surface area contributed by atoms with Crippen LogP contribution in [0.3, 0.4) is 0 Å². The molecular formula is C16H17BrN2O. The van der Waals surface area contributed by atoms with E-state index in [4.69, 9.17) is 0 Å². The Bertz CT molecular complexity index is 596. The van der Waals surface area contributed by atoms with Crippen molar-refractivity contribution in [2.24, 2.45) is 0 Å². The standard InChI is InChI=1S/C16H17BrN2O/c1-11(13-4-3-5-14(17)10-13)19-16(20)12-6-8-15(18-2)9-7-12/h3-11,18H,1-2H3,(H,19,20). The molecule has 2 aromatic rings. The van der Waals surface area contributed by atoms with E-state index in [0.717, 1.165) is 15.7 Å². The van der Waals surface area contributed by atoms with E-state index in [-0.39, 0.29) is 11.9 Å². The third-order valence-corrected chi connectivity index (χ3v) is 3.63. The summed E-state index contributed by atoms with van der Waals surface area (Å²) >= 11 is 3.44. The first-order valence-corrected chi connectivity index (χ1v) is 7.23. The van der Waals surface area contributed by atoms with Gasteiger partial charge in [-0.25, -0.2) is 0 Å². The van der Waals surface area contributed by atoms with Gasteiger partial charge in [0.15, 0.2) is 0 Å². The Morgan fingerprint density at radius 1 is 1.15 bits per heavy atom. The monoisotopic (exact) mass is 332 g/mol. The van der Waals surface area contributed by atoms with Gasteiger partial charge >= 0.3 is 0 Å². The molecule has 0 bridgehead atoms. The molecule has 2 rings (SSSR count). The van der Waals surface area contributed by atoms with Crippen molar-refractivity contribution in [3.8, 4) is 0 Å². The van der Waals surface area contributed by atoms with E-state index in [1.165, 1.54) is 0 Å². The average molecular weight is 333 g/mol. The zero-order valence-electron chi connectivity index (χ0n) is 11.5. The molecular weight excluding hydrogens is 316 g/mol. The summed E-state index contributed by atoms with van der Waals surface area (Å²) in [5, 5.41) is 6.03. The minimum absolute atomic E-state index is 0.0380. The molecule has 104 valence electrons. The highest BCUT2D eigenvalue weighted by Crippen LogP contribution is 2.18. The van der Waals surface area contributed by atoms with Gasteiger partial charge < -0.3 is 10.6 Å². The molecule has 20 heavy (non-hydrogen) atoms. The fraction of sp³-hybridized carbons (Fsp3) is 0.188. The van der Waals surface area contributed by atoms with Crippen LogP contribution in [0.2, 0.25) is 0 Å². The zero-order chi connectivity index (χ0) is 14.5. The number of benzene rings is 2. The lowest BCUT2D eigenvalue weighted by Crippen LogP contribution is -2.26. The van der Waals surface area contributed by atoms with Crippen LogP contribution in [0.1, 0.15) is 28.9 Å². The number of carbonyl (C=O) groups excluding carboxylic acids is 1. The first kappa shape index (κ1) is 14.6. The predicted molar refractivity (Wildman–Crippen MR) is 86.0 cm³/mol. The van der Waals surface area contributed by atoms with E-state index >= 15 is 0 Å². The molecule has 3 nitrogen and oxygen atoms in total. The summed E-state index contributed by atoms with van der Waals surface area (Å²) in [6.45, 7) is 1.97. The van der Waals surface area contributed by atoms with Crippen molar-refractivity contribution in [3.63, 3.8) is 0 Å². The molecule has 0 spiro atoms. The Labute approximate surface area is 127 Å². The third kappa shape index (κ3) is 3.61. The molecule has 0 aromatic heterocycles. The summed E-state index contributed by atoms with van der Waals surface area (Å²) in [5.41, 5.74) is 2.71. The Morgan fingerprint density at radius 3 is 2.45 bits per heavy atom. The van der Waals surface area contributed by atoms with E-state index in [1.807, 2.05) is 62.5 Å². The van der Waals surface area contributed by atoms with E-state index < -0.39 is 0 Å². The first-order chi connectivity index (χ1) is 9.60. The summed E-state index contributed by atoms with van der Waals surface area (Å²) in [7, 11) is 1.85. The number of halogens is 1. The van der Waals surface area contributed by atoms with Gasteiger partial charge in [0.05, 0.1) is 6.04 Å². The number of carbonyl (C=O) groups is 1. The topological polar surface area (TPSA) is 41.1 Å². The molecule has 0 fully saturated rings. The lowest BCUT2D eigenvalue weighted by atomic mass is 10.1. The number of rotatable bonds is 4. The van der Waals surface area contributed by atoms with Gasteiger partial charge in [-0.3, -0.25) is 4.79 Å². The second-order valence-electron chi connectivity index (χ2n) is 4.58. The van der Waals surface area contributed by atoms with E-state index in [1.54, 1.807) is 0 Å². The SMILES string of the molecule is CNc1ccc(C(=O)NC(C)c2cccc(Br)c2)cc1. The average Bonchev–Trinajstić information content (AvgIpc) is 2.47. The van der Waals surface area contributed by atoms with Gasteiger partial charge in [-0.1, -0.05) is 28.1 Å². The number of hydrogen-bond donors (Lipinski definition) is 2. The van der Waals surface area contributed by atoms with Crippen LogP contribution in [0.4, 0.5) is 5.69 Å².